The number of nitrogens with two attached hydrogens (primary N) is 2. The maximum atomic E-state index is 12.0. The Hall–Kier alpha value is -2.63. The number of benzene rings is 1. The fourth-order valence-corrected chi connectivity index (χ4v) is 2.02. The summed E-state index contributed by atoms with van der Waals surface area (Å²) < 4.78 is 0. The molecule has 0 aromatic heterocycles. The normalized spacial score (nSPS) is 14.1. The van der Waals surface area contributed by atoms with Crippen molar-refractivity contribution in [1.82, 2.24) is 4.90 Å². The van der Waals surface area contributed by atoms with Crippen LogP contribution in [-0.2, 0) is 9.59 Å². The maximum absolute atomic E-state index is 12.0. The topological polar surface area (TPSA) is 106 Å². The van der Waals surface area contributed by atoms with Crippen LogP contribution in [-0.4, -0.2) is 29.0 Å². The van der Waals surface area contributed by atoms with Crippen LogP contribution in [0.3, 0.4) is 0 Å². The predicted octanol–water partition coefficient (Wildman–Crippen LogP) is 0.739. The average molecular weight is 273 g/mol. The summed E-state index contributed by atoms with van der Waals surface area (Å²) in [7, 11) is 0. The zero-order valence-corrected chi connectivity index (χ0v) is 10.8. The van der Waals surface area contributed by atoms with E-state index in [1.807, 2.05) is 0 Å². The van der Waals surface area contributed by atoms with Crippen molar-refractivity contribution in [2.45, 2.75) is 12.8 Å². The number of carbonyl (C=O) groups excluding carboxylic acids is 3. The van der Waals surface area contributed by atoms with Crippen LogP contribution in [0.5, 0.6) is 0 Å². The SMILES string of the molecule is Nc1ccc(C(=O)CCCN2C(=O)C=CC2=O)c(N)c1. The molecule has 0 saturated heterocycles. The third-order valence-corrected chi connectivity index (χ3v) is 3.06. The molecule has 0 aliphatic carbocycles. The molecular formula is C14H15N3O3. The molecule has 1 aromatic carbocycles. The van der Waals surface area contributed by atoms with Crippen molar-refractivity contribution in [3.8, 4) is 0 Å². The van der Waals surface area contributed by atoms with E-state index in [0.717, 1.165) is 4.90 Å². The first-order valence-corrected chi connectivity index (χ1v) is 6.21. The van der Waals surface area contributed by atoms with Gasteiger partial charge in [-0.2, -0.15) is 0 Å². The van der Waals surface area contributed by atoms with Crippen molar-refractivity contribution in [1.29, 1.82) is 0 Å². The van der Waals surface area contributed by atoms with Gasteiger partial charge in [0.25, 0.3) is 11.8 Å². The number of rotatable bonds is 5. The highest BCUT2D eigenvalue weighted by atomic mass is 16.2. The largest absolute Gasteiger partial charge is 0.399 e. The number of carbonyl (C=O) groups is 3. The number of nitrogen functional groups attached to an aromatic ring is 2. The van der Waals surface area contributed by atoms with E-state index in [1.54, 1.807) is 12.1 Å². The van der Waals surface area contributed by atoms with Gasteiger partial charge < -0.3 is 11.5 Å². The molecule has 0 spiro atoms. The van der Waals surface area contributed by atoms with Gasteiger partial charge in [-0.15, -0.1) is 0 Å². The van der Waals surface area contributed by atoms with E-state index in [-0.39, 0.29) is 30.6 Å². The van der Waals surface area contributed by atoms with Crippen LogP contribution in [0.15, 0.2) is 30.4 Å². The molecule has 0 unspecified atom stereocenters. The number of hydrogen-bond acceptors (Lipinski definition) is 5. The number of amides is 2. The Bertz CT molecular complexity index is 590. The Morgan fingerprint density at radius 3 is 2.35 bits per heavy atom. The summed E-state index contributed by atoms with van der Waals surface area (Å²) in [6.07, 6.45) is 3.07. The molecule has 0 bridgehead atoms. The van der Waals surface area contributed by atoms with E-state index in [0.29, 0.717) is 23.4 Å². The highest BCUT2D eigenvalue weighted by molar-refractivity contribution is 6.12. The van der Waals surface area contributed by atoms with Crippen LogP contribution in [0.25, 0.3) is 0 Å². The van der Waals surface area contributed by atoms with Gasteiger partial charge in [0.15, 0.2) is 5.78 Å². The smallest absolute Gasteiger partial charge is 0.253 e. The quantitative estimate of drug-likeness (QED) is 0.467. The second-order valence-corrected chi connectivity index (χ2v) is 4.53. The molecule has 6 heteroatoms. The molecule has 0 saturated carbocycles. The minimum atomic E-state index is -0.338. The summed E-state index contributed by atoms with van der Waals surface area (Å²) in [4.78, 5) is 35.7. The van der Waals surface area contributed by atoms with E-state index in [1.165, 1.54) is 18.2 Å². The highest BCUT2D eigenvalue weighted by Gasteiger charge is 2.22. The zero-order chi connectivity index (χ0) is 14.7. The van der Waals surface area contributed by atoms with Crippen molar-refractivity contribution in [2.75, 3.05) is 18.0 Å². The van der Waals surface area contributed by atoms with Gasteiger partial charge in [-0.25, -0.2) is 0 Å². The van der Waals surface area contributed by atoms with Crippen LogP contribution in [0.2, 0.25) is 0 Å². The summed E-state index contributed by atoms with van der Waals surface area (Å²) in [5, 5.41) is 0. The fraction of sp³-hybridized carbons (Fsp3) is 0.214. The van der Waals surface area contributed by atoms with Gasteiger partial charge in [-0.3, -0.25) is 19.3 Å². The molecule has 20 heavy (non-hydrogen) atoms. The van der Waals surface area contributed by atoms with Crippen LogP contribution in [0.1, 0.15) is 23.2 Å². The van der Waals surface area contributed by atoms with Crippen LogP contribution in [0, 0.1) is 0 Å². The molecule has 0 fully saturated rings. The van der Waals surface area contributed by atoms with Crippen LogP contribution >= 0.6 is 0 Å². The summed E-state index contributed by atoms with van der Waals surface area (Å²) >= 11 is 0. The van der Waals surface area contributed by atoms with Crippen molar-refractivity contribution < 1.29 is 14.4 Å². The molecule has 2 amide bonds. The van der Waals surface area contributed by atoms with Gasteiger partial charge in [-0.05, 0) is 24.6 Å². The lowest BCUT2D eigenvalue weighted by atomic mass is 10.0. The summed E-state index contributed by atoms with van der Waals surface area (Å²) in [6, 6.07) is 4.73. The second-order valence-electron chi connectivity index (χ2n) is 4.53. The monoisotopic (exact) mass is 273 g/mol. The molecule has 4 N–H and O–H groups in total. The second kappa shape index (κ2) is 5.56. The molecule has 1 aliphatic heterocycles. The molecule has 1 aromatic rings. The number of hydrogen-bond donors (Lipinski definition) is 2. The molecular weight excluding hydrogens is 258 g/mol. The van der Waals surface area contributed by atoms with Gasteiger partial charge in [0.2, 0.25) is 0 Å². The summed E-state index contributed by atoms with van der Waals surface area (Å²) in [6.45, 7) is 0.227. The summed E-state index contributed by atoms with van der Waals surface area (Å²) in [5.74, 6) is -0.807. The fourth-order valence-electron chi connectivity index (χ4n) is 2.02. The van der Waals surface area contributed by atoms with Gasteiger partial charge in [0.1, 0.15) is 0 Å². The minimum absolute atomic E-state index is 0.130. The standard InChI is InChI=1S/C14H15N3O3/c15-9-3-4-10(11(16)8-9)12(18)2-1-7-17-13(19)5-6-14(17)20/h3-6,8H,1-2,7,15-16H2. The van der Waals surface area contributed by atoms with E-state index < -0.39 is 0 Å². The summed E-state index contributed by atoms with van der Waals surface area (Å²) in [5.41, 5.74) is 12.5. The minimum Gasteiger partial charge on any atom is -0.399 e. The van der Waals surface area contributed by atoms with E-state index in [2.05, 4.69) is 0 Å². The Labute approximate surface area is 116 Å². The van der Waals surface area contributed by atoms with E-state index >= 15 is 0 Å². The van der Waals surface area contributed by atoms with Gasteiger partial charge >= 0.3 is 0 Å². The van der Waals surface area contributed by atoms with Gasteiger partial charge in [0.05, 0.1) is 0 Å². The van der Waals surface area contributed by atoms with Crippen LogP contribution in [0.4, 0.5) is 11.4 Å². The Kier molecular flexibility index (Phi) is 3.84. The lowest BCUT2D eigenvalue weighted by molar-refractivity contribution is -0.136. The average Bonchev–Trinajstić information content (AvgIpc) is 2.70. The Balaban J connectivity index is 1.90. The van der Waals surface area contributed by atoms with Crippen molar-refractivity contribution in [3.63, 3.8) is 0 Å². The molecule has 2 rings (SSSR count). The third-order valence-electron chi connectivity index (χ3n) is 3.06. The van der Waals surface area contributed by atoms with Crippen LogP contribution < -0.4 is 11.5 Å². The molecule has 0 radical (unpaired) electrons. The molecule has 1 aliphatic rings. The first kappa shape index (κ1) is 13.8. The maximum Gasteiger partial charge on any atom is 0.253 e. The molecule has 6 nitrogen and oxygen atoms in total. The van der Waals surface area contributed by atoms with Crippen molar-refractivity contribution in [2.24, 2.45) is 0 Å². The van der Waals surface area contributed by atoms with E-state index in [4.69, 9.17) is 11.5 Å². The molecule has 104 valence electrons. The van der Waals surface area contributed by atoms with E-state index in [9.17, 15) is 14.4 Å². The lowest BCUT2D eigenvalue weighted by Gasteiger charge is -2.13. The van der Waals surface area contributed by atoms with Crippen molar-refractivity contribution >= 4 is 29.0 Å². The number of nitrogens with zero attached hydrogens (tertiary/aromatic N) is 1. The zero-order valence-electron chi connectivity index (χ0n) is 10.8. The number of anilines is 2. The first-order valence-electron chi connectivity index (χ1n) is 6.21. The van der Waals surface area contributed by atoms with Gasteiger partial charge in [0, 0.05) is 42.1 Å². The Morgan fingerprint density at radius 1 is 1.10 bits per heavy atom. The number of Topliss-reactive ketones (excluding diaryl/α,β-unsaturated/α-hetero) is 1. The number of imide groups is 1. The highest BCUT2D eigenvalue weighted by Crippen LogP contribution is 2.18. The Morgan fingerprint density at radius 2 is 1.75 bits per heavy atom. The van der Waals surface area contributed by atoms with Crippen molar-refractivity contribution in [3.05, 3.63) is 35.9 Å². The molecule has 1 heterocycles. The van der Waals surface area contributed by atoms with Gasteiger partial charge in [-0.1, -0.05) is 0 Å². The third kappa shape index (κ3) is 2.85. The number of ketones is 1. The molecule has 0 atom stereocenters. The first-order chi connectivity index (χ1) is 9.49. The lowest BCUT2D eigenvalue weighted by Crippen LogP contribution is -2.31. The predicted molar refractivity (Wildman–Crippen MR) is 74.7 cm³/mol.